The van der Waals surface area contributed by atoms with Crippen LogP contribution in [0.15, 0.2) is 59.9 Å². The van der Waals surface area contributed by atoms with Crippen molar-refractivity contribution in [2.24, 2.45) is 7.05 Å². The highest BCUT2D eigenvalue weighted by atomic mass is 16.5. The summed E-state index contributed by atoms with van der Waals surface area (Å²) in [6, 6.07) is 9.01. The maximum absolute atomic E-state index is 12.2. The number of pyridine rings is 1. The molecule has 0 aliphatic heterocycles. The summed E-state index contributed by atoms with van der Waals surface area (Å²) in [5, 5.41) is 9.31. The van der Waals surface area contributed by atoms with Gasteiger partial charge in [-0.15, -0.1) is 5.10 Å². The van der Waals surface area contributed by atoms with Crippen LogP contribution in [0.2, 0.25) is 0 Å². The molecular weight excluding hydrogens is 358 g/mol. The molecule has 3 aromatic heterocycles. The Morgan fingerprint density at radius 2 is 2.04 bits per heavy atom. The summed E-state index contributed by atoms with van der Waals surface area (Å²) in [6.45, 7) is 1.87. The molecule has 3 heterocycles. The van der Waals surface area contributed by atoms with Gasteiger partial charge < -0.3 is 9.47 Å². The molecule has 0 radical (unpaired) electrons. The Labute approximate surface area is 161 Å². The van der Waals surface area contributed by atoms with Gasteiger partial charge in [-0.2, -0.15) is 5.10 Å². The minimum atomic E-state index is -0.390. The fourth-order valence-electron chi connectivity index (χ4n) is 2.95. The second-order valence-corrected chi connectivity index (χ2v) is 6.35. The van der Waals surface area contributed by atoms with Crippen LogP contribution in [0.25, 0.3) is 16.6 Å². The largest absolute Gasteiger partial charge is 0.496 e. The number of nitrogens with zero attached hydrogens (tertiary/aromatic N) is 5. The van der Waals surface area contributed by atoms with Gasteiger partial charge in [0.15, 0.2) is 0 Å². The monoisotopic (exact) mass is 377 g/mol. The fourth-order valence-corrected chi connectivity index (χ4v) is 2.95. The first-order chi connectivity index (χ1) is 13.5. The lowest BCUT2D eigenvalue weighted by atomic mass is 10.1. The molecule has 0 saturated heterocycles. The molecule has 0 aliphatic rings. The molecule has 0 spiro atoms. The summed E-state index contributed by atoms with van der Waals surface area (Å²) in [7, 11) is 3.44. The van der Waals surface area contributed by atoms with Crippen LogP contribution in [-0.2, 0) is 7.05 Å². The Bertz CT molecular complexity index is 1200. The molecule has 8 nitrogen and oxygen atoms in total. The van der Waals surface area contributed by atoms with Gasteiger partial charge in [0.1, 0.15) is 17.5 Å². The number of rotatable bonds is 5. The Hall–Kier alpha value is -3.68. The van der Waals surface area contributed by atoms with Gasteiger partial charge in [-0.05, 0) is 30.7 Å². The van der Waals surface area contributed by atoms with Crippen molar-refractivity contribution in [3.63, 3.8) is 0 Å². The number of fused-ring (bicyclic) bond motifs is 1. The number of aryl methyl sites for hydroxylation is 1. The van der Waals surface area contributed by atoms with Gasteiger partial charge >= 0.3 is 0 Å². The summed E-state index contributed by atoms with van der Waals surface area (Å²) in [5.74, 6) is 0.757. The van der Waals surface area contributed by atoms with E-state index in [1.165, 1.54) is 6.07 Å². The highest BCUT2D eigenvalue weighted by Gasteiger charge is 2.14. The number of hydrogen-bond donors (Lipinski definition) is 0. The lowest BCUT2D eigenvalue weighted by Crippen LogP contribution is -2.16. The van der Waals surface area contributed by atoms with Crippen molar-refractivity contribution in [2.45, 2.75) is 13.0 Å². The van der Waals surface area contributed by atoms with Gasteiger partial charge in [0.05, 0.1) is 25.0 Å². The molecule has 142 valence electrons. The highest BCUT2D eigenvalue weighted by molar-refractivity contribution is 5.85. The summed E-state index contributed by atoms with van der Waals surface area (Å²) < 4.78 is 14.5. The molecule has 1 atom stereocenters. The predicted molar refractivity (Wildman–Crippen MR) is 104 cm³/mol. The minimum Gasteiger partial charge on any atom is -0.496 e. The number of ether oxygens (including phenoxy) is 2. The average molecular weight is 377 g/mol. The third-order valence-electron chi connectivity index (χ3n) is 4.44. The summed E-state index contributed by atoms with van der Waals surface area (Å²) in [6.07, 6.45) is 6.36. The van der Waals surface area contributed by atoms with Crippen LogP contribution in [0.3, 0.4) is 0 Å². The first-order valence-electron chi connectivity index (χ1n) is 8.73. The molecule has 0 N–H and O–H groups in total. The van der Waals surface area contributed by atoms with Crippen molar-refractivity contribution in [1.29, 1.82) is 0 Å². The average Bonchev–Trinajstić information content (AvgIpc) is 3.15. The van der Waals surface area contributed by atoms with Crippen LogP contribution in [0.5, 0.6) is 11.6 Å². The molecule has 1 aromatic carbocycles. The normalized spacial score (nSPS) is 12.1. The molecule has 4 rings (SSSR count). The first kappa shape index (κ1) is 17.7. The fraction of sp³-hybridized carbons (Fsp3) is 0.200. The van der Waals surface area contributed by atoms with Gasteiger partial charge in [0.2, 0.25) is 5.43 Å². The lowest BCUT2D eigenvalue weighted by Gasteiger charge is -2.15. The van der Waals surface area contributed by atoms with Crippen LogP contribution < -0.4 is 14.9 Å². The van der Waals surface area contributed by atoms with Crippen molar-refractivity contribution >= 4 is 10.9 Å². The highest BCUT2D eigenvalue weighted by Crippen LogP contribution is 2.28. The van der Waals surface area contributed by atoms with Crippen LogP contribution in [0.4, 0.5) is 0 Å². The van der Waals surface area contributed by atoms with Crippen LogP contribution in [-0.4, -0.2) is 31.7 Å². The van der Waals surface area contributed by atoms with E-state index in [9.17, 15) is 4.79 Å². The van der Waals surface area contributed by atoms with E-state index in [1.807, 2.05) is 38.2 Å². The zero-order valence-electron chi connectivity index (χ0n) is 15.7. The number of hydrogen-bond acceptors (Lipinski definition) is 6. The molecular formula is C20H19N5O3. The molecule has 28 heavy (non-hydrogen) atoms. The number of methoxy groups -OCH3 is 1. The topological polar surface area (TPSA) is 84.1 Å². The molecule has 0 amide bonds. The van der Waals surface area contributed by atoms with Crippen LogP contribution in [0.1, 0.15) is 18.6 Å². The van der Waals surface area contributed by atoms with Crippen molar-refractivity contribution in [1.82, 2.24) is 24.5 Å². The van der Waals surface area contributed by atoms with Crippen molar-refractivity contribution in [2.75, 3.05) is 7.11 Å². The molecule has 0 saturated carbocycles. The Morgan fingerprint density at radius 1 is 1.18 bits per heavy atom. The van der Waals surface area contributed by atoms with E-state index in [-0.39, 0.29) is 17.4 Å². The molecule has 0 bridgehead atoms. The zero-order valence-corrected chi connectivity index (χ0v) is 15.7. The lowest BCUT2D eigenvalue weighted by molar-refractivity contribution is 0.211. The summed E-state index contributed by atoms with van der Waals surface area (Å²) in [4.78, 5) is 16.6. The van der Waals surface area contributed by atoms with E-state index in [1.54, 1.807) is 41.3 Å². The molecule has 4 aromatic rings. The van der Waals surface area contributed by atoms with E-state index in [0.29, 0.717) is 0 Å². The van der Waals surface area contributed by atoms with Crippen molar-refractivity contribution in [3.05, 3.63) is 70.9 Å². The van der Waals surface area contributed by atoms with E-state index in [2.05, 4.69) is 15.2 Å². The second-order valence-electron chi connectivity index (χ2n) is 6.35. The number of aromatic nitrogens is 5. The third-order valence-corrected chi connectivity index (χ3v) is 4.44. The van der Waals surface area contributed by atoms with Gasteiger partial charge in [-0.3, -0.25) is 14.5 Å². The van der Waals surface area contributed by atoms with Crippen molar-refractivity contribution in [3.8, 4) is 17.3 Å². The molecule has 0 fully saturated rings. The maximum Gasteiger partial charge on any atom is 0.280 e. The Morgan fingerprint density at radius 3 is 2.79 bits per heavy atom. The van der Waals surface area contributed by atoms with Gasteiger partial charge in [-0.1, -0.05) is 6.07 Å². The minimum absolute atomic E-state index is 0.0251. The van der Waals surface area contributed by atoms with E-state index >= 15 is 0 Å². The predicted octanol–water partition coefficient (Wildman–Crippen LogP) is 2.66. The smallest absolute Gasteiger partial charge is 0.280 e. The van der Waals surface area contributed by atoms with Crippen LogP contribution in [0, 0.1) is 0 Å². The van der Waals surface area contributed by atoms with E-state index in [4.69, 9.17) is 9.47 Å². The number of benzene rings is 1. The van der Waals surface area contributed by atoms with Gasteiger partial charge in [0.25, 0.3) is 5.88 Å². The molecule has 0 aliphatic carbocycles. The second kappa shape index (κ2) is 7.15. The van der Waals surface area contributed by atoms with Gasteiger partial charge in [0, 0.05) is 30.9 Å². The summed E-state index contributed by atoms with van der Waals surface area (Å²) in [5.41, 5.74) is 2.16. The first-order valence-corrected chi connectivity index (χ1v) is 8.73. The van der Waals surface area contributed by atoms with Crippen LogP contribution >= 0.6 is 0 Å². The third kappa shape index (κ3) is 3.32. The zero-order chi connectivity index (χ0) is 19.7. The quantitative estimate of drug-likeness (QED) is 0.532. The molecule has 8 heteroatoms. The van der Waals surface area contributed by atoms with E-state index in [0.717, 1.165) is 27.9 Å². The maximum atomic E-state index is 12.2. The Balaban J connectivity index is 1.66. The van der Waals surface area contributed by atoms with E-state index < -0.39 is 0 Å². The summed E-state index contributed by atoms with van der Waals surface area (Å²) >= 11 is 0. The standard InChI is InChI=1S/C20H19N5O3/c1-13(14-4-5-17-16(10-14)19(27-3)6-8-21-17)28-20-18(26)7-9-25(23-20)15-11-22-24(2)12-15/h4-13H,1-3H3. The van der Waals surface area contributed by atoms with Gasteiger partial charge in [-0.25, -0.2) is 4.68 Å². The Kier molecular flexibility index (Phi) is 4.52. The molecule has 1 unspecified atom stereocenters. The SMILES string of the molecule is COc1ccnc2ccc(C(C)Oc3nn(-c4cnn(C)c4)ccc3=O)cc12. The van der Waals surface area contributed by atoms with Crippen molar-refractivity contribution < 1.29 is 9.47 Å².